The van der Waals surface area contributed by atoms with Crippen molar-refractivity contribution in [1.82, 2.24) is 0 Å². The first-order valence-corrected chi connectivity index (χ1v) is 6.20. The largest absolute Gasteiger partial charge is 0.396 e. The van der Waals surface area contributed by atoms with Crippen LogP contribution in [0.5, 0.6) is 0 Å². The Morgan fingerprint density at radius 1 is 1.12 bits per heavy atom. The van der Waals surface area contributed by atoms with Crippen molar-refractivity contribution in [1.29, 1.82) is 0 Å². The molecule has 84 valence electrons. The maximum atomic E-state index is 8.85. The van der Waals surface area contributed by atoms with Gasteiger partial charge in [-0.25, -0.2) is 0 Å². The summed E-state index contributed by atoms with van der Waals surface area (Å²) in [5.41, 5.74) is 2.56. The Hall–Kier alpha value is -0.990. The molecule has 0 fully saturated rings. The van der Waals surface area contributed by atoms with Gasteiger partial charge in [0.2, 0.25) is 0 Å². The lowest BCUT2D eigenvalue weighted by Gasteiger charge is -2.08. The Labute approximate surface area is 102 Å². The van der Waals surface area contributed by atoms with Gasteiger partial charge in [0, 0.05) is 12.4 Å². The average Bonchev–Trinajstić information content (AvgIpc) is 2.35. The molecule has 0 spiro atoms. The van der Waals surface area contributed by atoms with Crippen LogP contribution in [-0.2, 0) is 12.2 Å². The zero-order chi connectivity index (χ0) is 11.4. The van der Waals surface area contributed by atoms with Crippen LogP contribution in [0.25, 0.3) is 10.8 Å². The van der Waals surface area contributed by atoms with Crippen molar-refractivity contribution < 1.29 is 5.11 Å². The minimum atomic E-state index is 0.253. The topological polar surface area (TPSA) is 20.2 Å². The van der Waals surface area contributed by atoms with Crippen LogP contribution in [0, 0.1) is 0 Å². The van der Waals surface area contributed by atoms with Gasteiger partial charge >= 0.3 is 0 Å². The molecular weight excluding hydrogens is 216 g/mol. The molecule has 0 amide bonds. The first-order valence-electron chi connectivity index (χ1n) is 5.57. The van der Waals surface area contributed by atoms with Crippen molar-refractivity contribution >= 4 is 23.4 Å². The molecule has 0 aliphatic heterocycles. The molecule has 0 radical (unpaired) electrons. The highest BCUT2D eigenvalue weighted by Gasteiger charge is 2.02. The molecule has 0 heterocycles. The van der Waals surface area contributed by atoms with E-state index in [0.717, 1.165) is 18.6 Å². The minimum Gasteiger partial charge on any atom is -0.396 e. The van der Waals surface area contributed by atoms with Gasteiger partial charge in [-0.1, -0.05) is 36.4 Å². The van der Waals surface area contributed by atoms with Gasteiger partial charge in [0.15, 0.2) is 0 Å². The molecule has 2 aromatic carbocycles. The second-order valence-electron chi connectivity index (χ2n) is 3.96. The zero-order valence-electron chi connectivity index (χ0n) is 9.19. The zero-order valence-corrected chi connectivity index (χ0v) is 10.1. The Balaban J connectivity index is 2.46. The highest BCUT2D eigenvalue weighted by atomic mass is 32.1. The van der Waals surface area contributed by atoms with Crippen molar-refractivity contribution in [2.75, 3.05) is 6.61 Å². The van der Waals surface area contributed by atoms with Crippen LogP contribution >= 0.6 is 12.6 Å². The summed E-state index contributed by atoms with van der Waals surface area (Å²) >= 11 is 4.37. The molecule has 0 aliphatic rings. The van der Waals surface area contributed by atoms with Crippen LogP contribution in [0.4, 0.5) is 0 Å². The fourth-order valence-corrected chi connectivity index (χ4v) is 2.28. The van der Waals surface area contributed by atoms with Gasteiger partial charge in [-0.2, -0.15) is 12.6 Å². The molecule has 0 unspecified atom stereocenters. The number of thiol groups is 1. The Kier molecular flexibility index (Phi) is 3.86. The molecule has 0 saturated carbocycles. The fraction of sp³-hybridized carbons (Fsp3) is 0.286. The maximum absolute atomic E-state index is 8.85. The van der Waals surface area contributed by atoms with E-state index in [0.29, 0.717) is 0 Å². The van der Waals surface area contributed by atoms with Gasteiger partial charge < -0.3 is 5.11 Å². The lowest BCUT2D eigenvalue weighted by atomic mass is 9.99. The van der Waals surface area contributed by atoms with E-state index in [2.05, 4.69) is 49.0 Å². The standard InChI is InChI=1S/C14H16OS/c15-7-3-4-11-8-12-5-1-2-6-14(12)13(9-11)10-16/h1-2,5-6,8-9,15-16H,3-4,7,10H2. The van der Waals surface area contributed by atoms with Gasteiger partial charge in [-0.3, -0.25) is 0 Å². The lowest BCUT2D eigenvalue weighted by Crippen LogP contribution is -1.92. The van der Waals surface area contributed by atoms with Crippen LogP contribution in [0.1, 0.15) is 17.5 Å². The predicted octanol–water partition coefficient (Wildman–Crippen LogP) is 3.19. The summed E-state index contributed by atoms with van der Waals surface area (Å²) in [4.78, 5) is 0. The van der Waals surface area contributed by atoms with Crippen LogP contribution in [0.15, 0.2) is 36.4 Å². The molecule has 0 aromatic heterocycles. The summed E-state index contributed by atoms with van der Waals surface area (Å²) in [6.45, 7) is 0.253. The highest BCUT2D eigenvalue weighted by Crippen LogP contribution is 2.23. The van der Waals surface area contributed by atoms with E-state index in [1.54, 1.807) is 0 Å². The van der Waals surface area contributed by atoms with E-state index in [4.69, 9.17) is 5.11 Å². The second-order valence-corrected chi connectivity index (χ2v) is 4.28. The van der Waals surface area contributed by atoms with E-state index in [1.807, 2.05) is 0 Å². The van der Waals surface area contributed by atoms with Crippen molar-refractivity contribution in [2.24, 2.45) is 0 Å². The first kappa shape index (κ1) is 11.5. The Morgan fingerprint density at radius 3 is 2.69 bits per heavy atom. The van der Waals surface area contributed by atoms with Crippen LogP contribution < -0.4 is 0 Å². The minimum absolute atomic E-state index is 0.253. The van der Waals surface area contributed by atoms with E-state index < -0.39 is 0 Å². The molecule has 0 atom stereocenters. The van der Waals surface area contributed by atoms with Gasteiger partial charge in [-0.15, -0.1) is 0 Å². The van der Waals surface area contributed by atoms with Crippen LogP contribution in [-0.4, -0.2) is 11.7 Å². The highest BCUT2D eigenvalue weighted by molar-refractivity contribution is 7.79. The normalized spacial score (nSPS) is 10.9. The third kappa shape index (κ3) is 2.39. The third-order valence-electron chi connectivity index (χ3n) is 2.80. The van der Waals surface area contributed by atoms with Crippen molar-refractivity contribution in [2.45, 2.75) is 18.6 Å². The maximum Gasteiger partial charge on any atom is 0.0434 e. The molecule has 0 bridgehead atoms. The molecule has 1 N–H and O–H groups in total. The molecule has 2 aromatic rings. The molecule has 16 heavy (non-hydrogen) atoms. The number of aryl methyl sites for hydroxylation is 1. The van der Waals surface area contributed by atoms with Gasteiger partial charge in [0.1, 0.15) is 0 Å². The van der Waals surface area contributed by atoms with E-state index in [1.165, 1.54) is 21.9 Å². The van der Waals surface area contributed by atoms with Gasteiger partial charge in [0.25, 0.3) is 0 Å². The lowest BCUT2D eigenvalue weighted by molar-refractivity contribution is 0.288. The monoisotopic (exact) mass is 232 g/mol. The number of rotatable bonds is 4. The summed E-state index contributed by atoms with van der Waals surface area (Å²) in [5.74, 6) is 0.757. The first-order chi connectivity index (χ1) is 7.85. The van der Waals surface area contributed by atoms with Crippen molar-refractivity contribution in [3.05, 3.63) is 47.5 Å². The number of aliphatic hydroxyl groups is 1. The van der Waals surface area contributed by atoms with E-state index in [-0.39, 0.29) is 6.61 Å². The summed E-state index contributed by atoms with van der Waals surface area (Å²) < 4.78 is 0. The molecule has 0 aliphatic carbocycles. The van der Waals surface area contributed by atoms with Crippen molar-refractivity contribution in [3.8, 4) is 0 Å². The summed E-state index contributed by atoms with van der Waals surface area (Å²) in [7, 11) is 0. The van der Waals surface area contributed by atoms with Crippen molar-refractivity contribution in [3.63, 3.8) is 0 Å². The van der Waals surface area contributed by atoms with Gasteiger partial charge in [-0.05, 0) is 34.7 Å². The third-order valence-corrected chi connectivity index (χ3v) is 3.14. The molecular formula is C14H16OS. The van der Waals surface area contributed by atoms with E-state index in [9.17, 15) is 0 Å². The molecule has 1 nitrogen and oxygen atoms in total. The molecule has 0 saturated heterocycles. The molecule has 2 rings (SSSR count). The van der Waals surface area contributed by atoms with Crippen LogP contribution in [0.3, 0.4) is 0 Å². The van der Waals surface area contributed by atoms with Crippen LogP contribution in [0.2, 0.25) is 0 Å². The Morgan fingerprint density at radius 2 is 1.94 bits per heavy atom. The number of benzene rings is 2. The fourth-order valence-electron chi connectivity index (χ4n) is 2.02. The summed E-state index contributed by atoms with van der Waals surface area (Å²) in [6, 6.07) is 12.8. The molecule has 2 heteroatoms. The van der Waals surface area contributed by atoms with Gasteiger partial charge in [0.05, 0.1) is 0 Å². The summed E-state index contributed by atoms with van der Waals surface area (Å²) in [6.07, 6.45) is 1.76. The summed E-state index contributed by atoms with van der Waals surface area (Å²) in [5, 5.41) is 11.4. The smallest absolute Gasteiger partial charge is 0.0434 e. The SMILES string of the molecule is OCCCc1cc(CS)c2ccccc2c1. The number of hydrogen-bond donors (Lipinski definition) is 2. The second kappa shape index (κ2) is 5.37. The quantitative estimate of drug-likeness (QED) is 0.776. The average molecular weight is 232 g/mol. The number of fused-ring (bicyclic) bond motifs is 1. The van der Waals surface area contributed by atoms with E-state index >= 15 is 0 Å². The Bertz CT molecular complexity index is 479. The number of aliphatic hydroxyl groups excluding tert-OH is 1. The predicted molar refractivity (Wildman–Crippen MR) is 72.0 cm³/mol. The number of hydrogen-bond acceptors (Lipinski definition) is 2.